The van der Waals surface area contributed by atoms with E-state index in [9.17, 15) is 9.18 Å². The Morgan fingerprint density at radius 3 is 2.54 bits per heavy atom. The van der Waals surface area contributed by atoms with Crippen LogP contribution in [0.3, 0.4) is 0 Å². The summed E-state index contributed by atoms with van der Waals surface area (Å²) in [4.78, 5) is 27.5. The van der Waals surface area contributed by atoms with E-state index in [1.807, 2.05) is 30.9 Å². The summed E-state index contributed by atoms with van der Waals surface area (Å²) in [6.07, 6.45) is 1.42. The van der Waals surface area contributed by atoms with Crippen molar-refractivity contribution in [3.05, 3.63) is 41.2 Å². The Balaban J connectivity index is 1.56. The number of halogens is 1. The fourth-order valence-corrected chi connectivity index (χ4v) is 3.33. The Kier molecular flexibility index (Phi) is 6.38. The van der Waals surface area contributed by atoms with Gasteiger partial charge in [0.15, 0.2) is 0 Å². The van der Waals surface area contributed by atoms with Crippen molar-refractivity contribution in [1.29, 1.82) is 0 Å². The SMILES string of the molecule is CC(C)c1nc(N)nc(N2CCC(C(=O)NCc3ccccc3CF)CC2)n1. The number of hydrogen-bond donors (Lipinski definition) is 2. The second-order valence-electron chi connectivity index (χ2n) is 7.39. The number of amides is 1. The third-order valence-corrected chi connectivity index (χ3v) is 5.04. The molecule has 0 atom stereocenters. The van der Waals surface area contributed by atoms with Crippen LogP contribution < -0.4 is 16.0 Å². The van der Waals surface area contributed by atoms with Crippen molar-refractivity contribution in [3.8, 4) is 0 Å². The molecule has 0 spiro atoms. The minimum atomic E-state index is -0.530. The maximum atomic E-state index is 13.0. The zero-order valence-corrected chi connectivity index (χ0v) is 16.4. The molecule has 2 aromatic rings. The number of carbonyl (C=O) groups is 1. The van der Waals surface area contributed by atoms with E-state index in [-0.39, 0.29) is 23.7 Å². The van der Waals surface area contributed by atoms with Crippen molar-refractivity contribution >= 4 is 17.8 Å². The Morgan fingerprint density at radius 2 is 1.89 bits per heavy atom. The van der Waals surface area contributed by atoms with Gasteiger partial charge in [0.25, 0.3) is 0 Å². The van der Waals surface area contributed by atoms with E-state index in [0.717, 1.165) is 5.56 Å². The van der Waals surface area contributed by atoms with Crippen LogP contribution in [0.1, 0.15) is 49.6 Å². The number of nitrogen functional groups attached to an aromatic ring is 1. The summed E-state index contributed by atoms with van der Waals surface area (Å²) < 4.78 is 13.0. The van der Waals surface area contributed by atoms with E-state index in [1.165, 1.54) is 0 Å². The first-order chi connectivity index (χ1) is 13.5. The highest BCUT2D eigenvalue weighted by Gasteiger charge is 2.26. The quantitative estimate of drug-likeness (QED) is 0.792. The highest BCUT2D eigenvalue weighted by atomic mass is 19.1. The molecule has 0 saturated carbocycles. The normalized spacial score (nSPS) is 15.1. The summed E-state index contributed by atoms with van der Waals surface area (Å²) in [7, 11) is 0. The first-order valence-electron chi connectivity index (χ1n) is 9.64. The largest absolute Gasteiger partial charge is 0.368 e. The maximum absolute atomic E-state index is 13.0. The lowest BCUT2D eigenvalue weighted by Crippen LogP contribution is -2.41. The summed E-state index contributed by atoms with van der Waals surface area (Å²) >= 11 is 0. The van der Waals surface area contributed by atoms with Gasteiger partial charge in [0.2, 0.25) is 17.8 Å². The van der Waals surface area contributed by atoms with Crippen molar-refractivity contribution in [1.82, 2.24) is 20.3 Å². The summed E-state index contributed by atoms with van der Waals surface area (Å²) in [5, 5.41) is 2.95. The predicted molar refractivity (Wildman–Crippen MR) is 106 cm³/mol. The van der Waals surface area contributed by atoms with Gasteiger partial charge in [-0.25, -0.2) is 4.39 Å². The summed E-state index contributed by atoms with van der Waals surface area (Å²) in [5.74, 6) is 1.57. The fourth-order valence-electron chi connectivity index (χ4n) is 3.33. The maximum Gasteiger partial charge on any atom is 0.230 e. The van der Waals surface area contributed by atoms with Gasteiger partial charge in [0, 0.05) is 31.5 Å². The lowest BCUT2D eigenvalue weighted by Gasteiger charge is -2.31. The number of anilines is 2. The number of carbonyl (C=O) groups excluding carboxylic acids is 1. The molecule has 0 bridgehead atoms. The van der Waals surface area contributed by atoms with E-state index in [4.69, 9.17) is 5.73 Å². The number of nitrogens with two attached hydrogens (primary N) is 1. The standard InChI is InChI=1S/C20H27FN6O/c1-13(2)17-24-19(22)26-20(25-17)27-9-7-14(8-10-27)18(28)23-12-16-6-4-3-5-15(16)11-21/h3-6,13-14H,7-12H2,1-2H3,(H,23,28)(H2,22,24,25,26). The minimum Gasteiger partial charge on any atom is -0.368 e. The molecule has 1 aliphatic rings. The van der Waals surface area contributed by atoms with E-state index < -0.39 is 6.67 Å². The van der Waals surface area contributed by atoms with Crippen molar-refractivity contribution in [3.63, 3.8) is 0 Å². The monoisotopic (exact) mass is 386 g/mol. The van der Waals surface area contributed by atoms with Crippen LogP contribution in [0.2, 0.25) is 0 Å². The van der Waals surface area contributed by atoms with E-state index in [2.05, 4.69) is 20.3 Å². The van der Waals surface area contributed by atoms with Gasteiger partial charge in [-0.1, -0.05) is 38.1 Å². The number of nitrogens with one attached hydrogen (secondary N) is 1. The Hall–Kier alpha value is -2.77. The van der Waals surface area contributed by atoms with E-state index >= 15 is 0 Å². The van der Waals surface area contributed by atoms with Gasteiger partial charge in [-0.05, 0) is 24.0 Å². The third kappa shape index (κ3) is 4.74. The number of hydrogen-bond acceptors (Lipinski definition) is 6. The molecular weight excluding hydrogens is 359 g/mol. The van der Waals surface area contributed by atoms with E-state index in [1.54, 1.807) is 12.1 Å². The molecule has 1 aromatic heterocycles. The van der Waals surface area contributed by atoms with Crippen molar-refractivity contribution in [2.24, 2.45) is 5.92 Å². The zero-order valence-electron chi connectivity index (χ0n) is 16.4. The second-order valence-corrected chi connectivity index (χ2v) is 7.39. The van der Waals surface area contributed by atoms with Gasteiger partial charge in [-0.15, -0.1) is 0 Å². The van der Waals surface area contributed by atoms with Crippen LogP contribution in [-0.2, 0) is 18.0 Å². The Labute approximate surface area is 164 Å². The third-order valence-electron chi connectivity index (χ3n) is 5.04. The lowest BCUT2D eigenvalue weighted by atomic mass is 9.96. The summed E-state index contributed by atoms with van der Waals surface area (Å²) in [5.41, 5.74) is 7.25. The number of rotatable bonds is 6. The Bertz CT molecular complexity index is 820. The van der Waals surface area contributed by atoms with Gasteiger partial charge in [0.1, 0.15) is 12.5 Å². The molecule has 1 aliphatic heterocycles. The second kappa shape index (κ2) is 8.95. The molecule has 1 amide bonds. The molecule has 7 nitrogen and oxygen atoms in total. The Morgan fingerprint density at radius 1 is 1.21 bits per heavy atom. The number of benzene rings is 1. The fraction of sp³-hybridized carbons (Fsp3) is 0.500. The van der Waals surface area contributed by atoms with E-state index in [0.29, 0.717) is 49.8 Å². The summed E-state index contributed by atoms with van der Waals surface area (Å²) in [6, 6.07) is 7.24. The highest BCUT2D eigenvalue weighted by Crippen LogP contribution is 2.23. The smallest absolute Gasteiger partial charge is 0.230 e. The van der Waals surface area contributed by atoms with Crippen LogP contribution in [0.5, 0.6) is 0 Å². The van der Waals surface area contributed by atoms with Crippen LogP contribution in [-0.4, -0.2) is 33.9 Å². The van der Waals surface area contributed by atoms with Gasteiger partial charge in [-0.3, -0.25) is 4.79 Å². The van der Waals surface area contributed by atoms with Crippen LogP contribution in [0.4, 0.5) is 16.3 Å². The number of piperidine rings is 1. The van der Waals surface area contributed by atoms with Gasteiger partial charge in [-0.2, -0.15) is 15.0 Å². The molecule has 1 saturated heterocycles. The average molecular weight is 386 g/mol. The predicted octanol–water partition coefficient (Wildman–Crippen LogP) is 2.58. The van der Waals surface area contributed by atoms with Gasteiger partial charge in [0.05, 0.1) is 0 Å². The molecule has 1 fully saturated rings. The molecule has 3 rings (SSSR count). The first-order valence-corrected chi connectivity index (χ1v) is 9.64. The molecule has 0 radical (unpaired) electrons. The van der Waals surface area contributed by atoms with Crippen molar-refractivity contribution < 1.29 is 9.18 Å². The summed E-state index contributed by atoms with van der Waals surface area (Å²) in [6.45, 7) is 5.20. The lowest BCUT2D eigenvalue weighted by molar-refractivity contribution is -0.125. The molecule has 0 aliphatic carbocycles. The molecule has 0 unspecified atom stereocenters. The first kappa shape index (κ1) is 20.0. The van der Waals surface area contributed by atoms with Crippen LogP contribution in [0.15, 0.2) is 24.3 Å². The number of nitrogens with zero attached hydrogens (tertiary/aromatic N) is 4. The van der Waals surface area contributed by atoms with Crippen LogP contribution in [0, 0.1) is 5.92 Å². The molecule has 150 valence electrons. The molecular formula is C20H27FN6O. The molecule has 28 heavy (non-hydrogen) atoms. The molecule has 8 heteroatoms. The number of aromatic nitrogens is 3. The molecule has 2 heterocycles. The van der Waals surface area contributed by atoms with Crippen molar-refractivity contribution in [2.75, 3.05) is 23.7 Å². The zero-order chi connectivity index (χ0) is 20.1. The molecule has 3 N–H and O–H groups in total. The van der Waals surface area contributed by atoms with Gasteiger partial charge >= 0.3 is 0 Å². The molecule has 1 aromatic carbocycles. The van der Waals surface area contributed by atoms with Crippen LogP contribution >= 0.6 is 0 Å². The number of alkyl halides is 1. The average Bonchev–Trinajstić information content (AvgIpc) is 2.71. The van der Waals surface area contributed by atoms with Crippen LogP contribution in [0.25, 0.3) is 0 Å². The van der Waals surface area contributed by atoms with Gasteiger partial charge < -0.3 is 16.0 Å². The highest BCUT2D eigenvalue weighted by molar-refractivity contribution is 5.79. The van der Waals surface area contributed by atoms with Crippen molar-refractivity contribution in [2.45, 2.75) is 45.8 Å². The topological polar surface area (TPSA) is 97.0 Å². The minimum absolute atomic E-state index is 0.00587.